The van der Waals surface area contributed by atoms with Crippen LogP contribution in [0.5, 0.6) is 0 Å². The number of nitrogens with one attached hydrogen (secondary N) is 1. The van der Waals surface area contributed by atoms with Crippen LogP contribution in [-0.2, 0) is 14.4 Å². The normalized spacial score (nSPS) is 21.3. The number of rotatable bonds is 8. The predicted molar refractivity (Wildman–Crippen MR) is 78.8 cm³/mol. The van der Waals surface area contributed by atoms with E-state index in [9.17, 15) is 19.5 Å². The smallest absolute Gasteiger partial charge is 0.329 e. The summed E-state index contributed by atoms with van der Waals surface area (Å²) in [7, 11) is 0. The van der Waals surface area contributed by atoms with Crippen molar-refractivity contribution in [2.24, 2.45) is 0 Å². The van der Waals surface area contributed by atoms with Crippen molar-refractivity contribution in [1.82, 2.24) is 10.2 Å². The molecule has 6 nitrogen and oxygen atoms in total. The van der Waals surface area contributed by atoms with Gasteiger partial charge in [-0.05, 0) is 32.1 Å². The molecule has 0 aromatic rings. The number of unbranched alkanes of at least 4 members (excludes halogenated alkanes) is 2. The molecule has 0 aliphatic carbocycles. The second-order valence-corrected chi connectivity index (χ2v) is 5.63. The van der Waals surface area contributed by atoms with E-state index in [2.05, 4.69) is 5.32 Å². The molecule has 0 aromatic carbocycles. The molecule has 0 saturated carbocycles. The van der Waals surface area contributed by atoms with E-state index in [-0.39, 0.29) is 11.8 Å². The molecule has 0 radical (unpaired) electrons. The molecular weight excluding hydrogens is 272 g/mol. The molecule has 1 aliphatic heterocycles. The number of likely N-dealkylation sites (tertiary alicyclic amines) is 1. The van der Waals surface area contributed by atoms with Crippen LogP contribution < -0.4 is 5.32 Å². The fourth-order valence-electron chi connectivity index (χ4n) is 2.96. The van der Waals surface area contributed by atoms with Crippen LogP contribution in [0.1, 0.15) is 58.8 Å². The first-order valence-electron chi connectivity index (χ1n) is 7.72. The molecule has 2 amide bonds. The number of carboxylic acids is 1. The van der Waals surface area contributed by atoms with Gasteiger partial charge in [0, 0.05) is 26.4 Å². The predicted octanol–water partition coefficient (Wildman–Crippen LogP) is 1.54. The lowest BCUT2D eigenvalue weighted by atomic mass is 9.92. The summed E-state index contributed by atoms with van der Waals surface area (Å²) in [6.45, 7) is 4.48. The first-order chi connectivity index (χ1) is 9.94. The second kappa shape index (κ2) is 8.00. The van der Waals surface area contributed by atoms with E-state index in [0.717, 1.165) is 25.7 Å². The van der Waals surface area contributed by atoms with Crippen LogP contribution in [0.15, 0.2) is 0 Å². The zero-order valence-electron chi connectivity index (χ0n) is 13.0. The molecule has 2 N–H and O–H groups in total. The highest BCUT2D eigenvalue weighted by Gasteiger charge is 2.48. The minimum Gasteiger partial charge on any atom is -0.479 e. The average molecular weight is 298 g/mol. The fourth-order valence-corrected chi connectivity index (χ4v) is 2.96. The summed E-state index contributed by atoms with van der Waals surface area (Å²) in [5.74, 6) is -0.991. The molecule has 1 aliphatic rings. The molecule has 6 heteroatoms. The maximum absolute atomic E-state index is 12.3. The first kappa shape index (κ1) is 17.5. The SMILES string of the molecule is CCC1(C(=O)O)CCCN1C(=O)CCCCCNC(C)=O. The number of hydrogen-bond acceptors (Lipinski definition) is 3. The largest absolute Gasteiger partial charge is 0.479 e. The molecule has 0 bridgehead atoms. The fraction of sp³-hybridized carbons (Fsp3) is 0.800. The van der Waals surface area contributed by atoms with Gasteiger partial charge in [-0.2, -0.15) is 0 Å². The van der Waals surface area contributed by atoms with Crippen molar-refractivity contribution in [3.8, 4) is 0 Å². The van der Waals surface area contributed by atoms with Crippen LogP contribution in [0, 0.1) is 0 Å². The van der Waals surface area contributed by atoms with Gasteiger partial charge in [-0.25, -0.2) is 4.79 Å². The molecule has 1 rings (SSSR count). The Hall–Kier alpha value is -1.59. The maximum atomic E-state index is 12.3. The quantitative estimate of drug-likeness (QED) is 0.665. The molecular formula is C15H26N2O4. The third-order valence-corrected chi connectivity index (χ3v) is 4.21. The third-order valence-electron chi connectivity index (χ3n) is 4.21. The van der Waals surface area contributed by atoms with E-state index in [0.29, 0.717) is 32.4 Å². The Balaban J connectivity index is 2.37. The Bertz CT molecular complexity index is 397. The Morgan fingerprint density at radius 1 is 1.24 bits per heavy atom. The van der Waals surface area contributed by atoms with Gasteiger partial charge in [0.15, 0.2) is 0 Å². The van der Waals surface area contributed by atoms with Crippen molar-refractivity contribution in [3.05, 3.63) is 0 Å². The van der Waals surface area contributed by atoms with Crippen LogP contribution in [-0.4, -0.2) is 46.4 Å². The minimum atomic E-state index is -0.993. The first-order valence-corrected chi connectivity index (χ1v) is 7.72. The maximum Gasteiger partial charge on any atom is 0.329 e. The molecule has 21 heavy (non-hydrogen) atoms. The van der Waals surface area contributed by atoms with Crippen LogP contribution in [0.4, 0.5) is 0 Å². The second-order valence-electron chi connectivity index (χ2n) is 5.63. The highest BCUT2D eigenvalue weighted by atomic mass is 16.4. The Morgan fingerprint density at radius 2 is 1.95 bits per heavy atom. The summed E-state index contributed by atoms with van der Waals surface area (Å²) in [6, 6.07) is 0. The van der Waals surface area contributed by atoms with E-state index >= 15 is 0 Å². The molecule has 0 aromatic heterocycles. The van der Waals surface area contributed by atoms with Crippen LogP contribution in [0.3, 0.4) is 0 Å². The Labute approximate surface area is 125 Å². The van der Waals surface area contributed by atoms with Crippen molar-refractivity contribution < 1.29 is 19.5 Å². The summed E-state index contributed by atoms with van der Waals surface area (Å²) in [5, 5.41) is 12.2. The molecule has 1 atom stereocenters. The van der Waals surface area contributed by atoms with Crippen LogP contribution in [0.2, 0.25) is 0 Å². The van der Waals surface area contributed by atoms with Gasteiger partial charge in [-0.3, -0.25) is 9.59 Å². The topological polar surface area (TPSA) is 86.7 Å². The number of aliphatic carboxylic acids is 1. The summed E-state index contributed by atoms with van der Waals surface area (Å²) in [5.41, 5.74) is -0.993. The number of amides is 2. The highest BCUT2D eigenvalue weighted by Crippen LogP contribution is 2.33. The Kier molecular flexibility index (Phi) is 6.65. The summed E-state index contributed by atoms with van der Waals surface area (Å²) < 4.78 is 0. The zero-order chi connectivity index (χ0) is 15.9. The molecule has 1 saturated heterocycles. The molecule has 120 valence electrons. The average Bonchev–Trinajstić information content (AvgIpc) is 2.87. The minimum absolute atomic E-state index is 0.0441. The number of nitrogens with zero attached hydrogens (tertiary/aromatic N) is 1. The molecule has 0 spiro atoms. The van der Waals surface area contributed by atoms with Crippen molar-refractivity contribution >= 4 is 17.8 Å². The number of carbonyl (C=O) groups is 3. The van der Waals surface area contributed by atoms with Gasteiger partial charge in [-0.15, -0.1) is 0 Å². The van der Waals surface area contributed by atoms with Gasteiger partial charge in [0.25, 0.3) is 0 Å². The van der Waals surface area contributed by atoms with E-state index in [1.165, 1.54) is 6.92 Å². The van der Waals surface area contributed by atoms with Crippen LogP contribution >= 0.6 is 0 Å². The lowest BCUT2D eigenvalue weighted by Crippen LogP contribution is -2.52. The lowest BCUT2D eigenvalue weighted by Gasteiger charge is -2.34. The summed E-state index contributed by atoms with van der Waals surface area (Å²) in [6.07, 6.45) is 4.57. The summed E-state index contributed by atoms with van der Waals surface area (Å²) in [4.78, 5) is 36.0. The van der Waals surface area contributed by atoms with Crippen molar-refractivity contribution in [2.45, 2.75) is 64.3 Å². The van der Waals surface area contributed by atoms with Gasteiger partial charge in [0.05, 0.1) is 0 Å². The van der Waals surface area contributed by atoms with Gasteiger partial charge in [-0.1, -0.05) is 13.3 Å². The number of hydrogen-bond donors (Lipinski definition) is 2. The highest BCUT2D eigenvalue weighted by molar-refractivity contribution is 5.87. The van der Waals surface area contributed by atoms with E-state index in [4.69, 9.17) is 0 Å². The molecule has 1 heterocycles. The standard InChI is InChI=1S/C15H26N2O4/c1-3-15(14(20)21)9-7-11-17(15)13(19)8-5-4-6-10-16-12(2)18/h3-11H2,1-2H3,(H,16,18)(H,20,21). The molecule has 1 fully saturated rings. The summed E-state index contributed by atoms with van der Waals surface area (Å²) >= 11 is 0. The number of carbonyl (C=O) groups excluding carboxylic acids is 2. The lowest BCUT2D eigenvalue weighted by molar-refractivity contribution is -0.156. The van der Waals surface area contributed by atoms with Crippen molar-refractivity contribution in [1.29, 1.82) is 0 Å². The van der Waals surface area contributed by atoms with E-state index in [1.54, 1.807) is 4.90 Å². The van der Waals surface area contributed by atoms with Crippen molar-refractivity contribution in [2.75, 3.05) is 13.1 Å². The van der Waals surface area contributed by atoms with Crippen LogP contribution in [0.25, 0.3) is 0 Å². The van der Waals surface area contributed by atoms with Gasteiger partial charge >= 0.3 is 5.97 Å². The van der Waals surface area contributed by atoms with Gasteiger partial charge < -0.3 is 15.3 Å². The van der Waals surface area contributed by atoms with Gasteiger partial charge in [0.1, 0.15) is 5.54 Å². The van der Waals surface area contributed by atoms with Crippen molar-refractivity contribution in [3.63, 3.8) is 0 Å². The Morgan fingerprint density at radius 3 is 2.52 bits per heavy atom. The van der Waals surface area contributed by atoms with E-state index in [1.807, 2.05) is 6.92 Å². The van der Waals surface area contributed by atoms with E-state index < -0.39 is 11.5 Å². The number of carboxylic acid groups (broad SMARTS) is 1. The molecule has 1 unspecified atom stereocenters. The third kappa shape index (κ3) is 4.44. The van der Waals surface area contributed by atoms with Gasteiger partial charge in [0.2, 0.25) is 11.8 Å². The zero-order valence-corrected chi connectivity index (χ0v) is 13.0. The monoisotopic (exact) mass is 298 g/mol.